The fourth-order valence-corrected chi connectivity index (χ4v) is 10.5. The summed E-state index contributed by atoms with van der Waals surface area (Å²) in [5.41, 5.74) is 18.2. The van der Waals surface area contributed by atoms with E-state index in [1.807, 2.05) is 117 Å². The van der Waals surface area contributed by atoms with Gasteiger partial charge in [0.15, 0.2) is 0 Å². The van der Waals surface area contributed by atoms with E-state index in [4.69, 9.17) is 37.5 Å². The normalized spacial score (nSPS) is 10.8. The summed E-state index contributed by atoms with van der Waals surface area (Å²) in [6.45, 7) is 11.9. The average molecular weight is 1300 g/mol. The third-order valence-corrected chi connectivity index (χ3v) is 15.3. The molecular weight excluding hydrogens is 1240 g/mol. The molecule has 26 nitrogen and oxygen atoms in total. The Hall–Kier alpha value is -9.07. The van der Waals surface area contributed by atoms with Gasteiger partial charge >= 0.3 is 79.2 Å². The van der Waals surface area contributed by atoms with E-state index < -0.39 is 41.2 Å². The number of hydrogen-bond acceptors (Lipinski definition) is 18. The number of anilines is 1. The number of aromatic amines is 1. The van der Waals surface area contributed by atoms with Gasteiger partial charge in [-0.2, -0.15) is 16.8 Å². The molecule has 0 amide bonds. The summed E-state index contributed by atoms with van der Waals surface area (Å²) < 4.78 is 75.3. The molecule has 0 aliphatic carbocycles. The van der Waals surface area contributed by atoms with Crippen molar-refractivity contribution < 1.29 is 46.0 Å². The van der Waals surface area contributed by atoms with Crippen LogP contribution in [0.2, 0.25) is 0 Å². The molecule has 6 aromatic heterocycles. The Balaban J connectivity index is 0.000000181. The molecule has 12 rings (SSSR count). The van der Waals surface area contributed by atoms with Gasteiger partial charge in [-0.3, -0.25) is 52.4 Å². The van der Waals surface area contributed by atoms with E-state index in [0.717, 1.165) is 50.3 Å². The predicted molar refractivity (Wildman–Crippen MR) is 343 cm³/mol. The summed E-state index contributed by atoms with van der Waals surface area (Å²) in [6.07, 6.45) is 0. The summed E-state index contributed by atoms with van der Waals surface area (Å²) >= 11 is 2.89. The Morgan fingerprint density at radius 2 is 0.879 bits per heavy atom. The number of fused-ring (bicyclic) bond motifs is 3. The number of nitrogens with one attached hydrogen (secondary N) is 1. The predicted octanol–water partition coefficient (Wildman–Crippen LogP) is 8.85. The fourth-order valence-electron chi connectivity index (χ4n) is 10.5. The first-order chi connectivity index (χ1) is 43.9. The van der Waals surface area contributed by atoms with Gasteiger partial charge in [-0.05, 0) is 99.2 Å². The zero-order valence-electron chi connectivity index (χ0n) is 51.9. The molecule has 0 radical (unpaired) electrons. The van der Waals surface area contributed by atoms with Gasteiger partial charge in [-0.25, -0.2) is 14.4 Å². The van der Waals surface area contributed by atoms with Crippen molar-refractivity contribution in [3.63, 3.8) is 0 Å². The number of halogens is 1. The third-order valence-electron chi connectivity index (χ3n) is 14.4. The number of rotatable bonds is 11. The van der Waals surface area contributed by atoms with Crippen molar-refractivity contribution in [2.45, 2.75) is 61.2 Å². The van der Waals surface area contributed by atoms with E-state index in [9.17, 15) is 39.0 Å². The van der Waals surface area contributed by atoms with E-state index >= 15 is 0 Å². The number of nitro benzene ring substituents is 2. The number of nitrogens with two attached hydrogens (primary N) is 1. The molecule has 0 aliphatic rings. The van der Waals surface area contributed by atoms with Crippen LogP contribution in [0.5, 0.6) is 0 Å². The van der Waals surface area contributed by atoms with Gasteiger partial charge in [0.2, 0.25) is 0 Å². The molecule has 0 fully saturated rings. The molecule has 462 valence electrons. The maximum absolute atomic E-state index is 12.9. The molecular formula is C60H57FN12Na2O14S2. The van der Waals surface area contributed by atoms with Crippen LogP contribution >= 0.6 is 0 Å². The molecule has 0 saturated carbocycles. The SMILES string of the molecule is Cc1noc(C)c1-c1cc(N)c2c(c1)n(Cc1ccccc1)c(=O)n2C.Cc1noc(C)c1-c1cc([N+](=O)[O-])c2[nH]c(=O)n(Cc3ccccc3)c2c1.Cc1noc(C)c1-c1cc([N+](=O)[O-])c2c(c1)n(Cc1ccccc1)c(=O)n2C.O=S(=O)=S(=O)=O.[2H]CF.[Na][Na]. The maximum atomic E-state index is 12.9. The molecule has 6 heterocycles. The molecule has 3 N–H and O–H groups in total. The van der Waals surface area contributed by atoms with E-state index in [1.165, 1.54) is 64.9 Å². The summed E-state index contributed by atoms with van der Waals surface area (Å²) in [4.78, 5) is 63.3. The number of nitrogens with zero attached hydrogens (tertiary/aromatic N) is 10. The van der Waals surface area contributed by atoms with E-state index in [2.05, 4.69) is 20.5 Å². The Morgan fingerprint density at radius 1 is 0.549 bits per heavy atom. The molecule has 12 aromatic rings. The van der Waals surface area contributed by atoms with Gasteiger partial charge in [-0.1, -0.05) is 106 Å². The summed E-state index contributed by atoms with van der Waals surface area (Å²) in [5, 5.41) is 35.3. The minimum atomic E-state index is -2.95. The van der Waals surface area contributed by atoms with Crippen molar-refractivity contribution in [1.82, 2.24) is 43.3 Å². The Bertz CT molecular complexity index is 5050. The van der Waals surface area contributed by atoms with Crippen molar-refractivity contribution in [2.75, 3.05) is 12.9 Å². The van der Waals surface area contributed by atoms with E-state index in [-0.39, 0.29) is 28.3 Å². The molecule has 0 spiro atoms. The average Bonchev–Trinajstić information content (AvgIpc) is 1.60. The van der Waals surface area contributed by atoms with Gasteiger partial charge in [0.1, 0.15) is 28.3 Å². The van der Waals surface area contributed by atoms with Crippen LogP contribution in [0.4, 0.5) is 21.5 Å². The molecule has 0 saturated heterocycles. The molecule has 31 heteroatoms. The fraction of sp³-hybridized carbons (Fsp3) is 0.200. The second kappa shape index (κ2) is 30.6. The van der Waals surface area contributed by atoms with Crippen LogP contribution in [-0.2, 0) is 52.3 Å². The number of nitro groups is 2. The van der Waals surface area contributed by atoms with Crippen LogP contribution in [0.25, 0.3) is 66.5 Å². The zero-order chi connectivity index (χ0) is 67.4. The number of alkyl halides is 1. The first-order valence-electron chi connectivity index (χ1n) is 28.3. The monoisotopic (exact) mass is 1300 g/mol. The minimum absolute atomic E-state index is 0.0912. The van der Waals surface area contributed by atoms with Crippen LogP contribution in [0.3, 0.4) is 0 Å². The molecule has 0 bridgehead atoms. The van der Waals surface area contributed by atoms with Gasteiger partial charge in [0, 0.05) is 42.9 Å². The number of benzene rings is 6. The second-order valence-electron chi connectivity index (χ2n) is 20.0. The van der Waals surface area contributed by atoms with Gasteiger partial charge in [0.05, 0.1) is 82.8 Å². The molecule has 0 unspecified atom stereocenters. The Labute approximate surface area is 548 Å². The standard InChI is InChI=1S/C20H18N4O4.C20H20N4O2.C19H16N4O4.CH3F.2Na.O4S2/c1-12-18(13(2)28-21-12)15-9-16-19(17(10-15)24(26)27)22(3)20(25)23(16)11-14-7-5-4-6-8-14;1-12-18(13(2)26-22-12)15-9-16(21)19-17(10-15)24(20(25)23(19)3)11-14-7-5-4-6-8-14;1-11-17(12(2)27-21-11)14-8-15-18(16(9-14)23(25)26)20-19(24)22(15)10-13-6-4-3-5-7-13;1-2;;;1-5(2)6(3)4/h4-10H,11H2,1-3H3;4-10H,11,21H2,1-3H3;3-9H,10H2,1-2H3,(H,20,24);1H3;;;/i;;;1D;;;. The first-order valence-corrected chi connectivity index (χ1v) is 38.3. The summed E-state index contributed by atoms with van der Waals surface area (Å²) in [7, 11) is -3.60. The second-order valence-corrected chi connectivity index (χ2v) is 22.5. The van der Waals surface area contributed by atoms with Gasteiger partial charge < -0.3 is 19.3 Å². The van der Waals surface area contributed by atoms with Gasteiger partial charge in [-0.15, -0.1) is 0 Å². The molecule has 91 heavy (non-hydrogen) atoms. The number of aromatic nitrogens is 9. The first kappa shape index (κ1) is 67.9. The van der Waals surface area contributed by atoms with Crippen molar-refractivity contribution in [1.29, 1.82) is 0 Å². The van der Waals surface area contributed by atoms with E-state index in [0.29, 0.717) is 87.0 Å². The van der Waals surface area contributed by atoms with E-state index in [1.54, 1.807) is 67.6 Å². The number of H-pyrrole nitrogens is 1. The Morgan fingerprint density at radius 3 is 1.23 bits per heavy atom. The van der Waals surface area contributed by atoms with Crippen molar-refractivity contribution >= 4 is 112 Å². The summed E-state index contributed by atoms with van der Waals surface area (Å²) in [6, 6.07) is 39.2. The van der Waals surface area contributed by atoms with Crippen molar-refractivity contribution in [3.05, 3.63) is 230 Å². The number of hydrogen-bond donors (Lipinski definition) is 2. The molecule has 0 atom stereocenters. The quantitative estimate of drug-likeness (QED) is 0.0528. The summed E-state index contributed by atoms with van der Waals surface area (Å²) in [5.74, 6) is 1.86. The molecule has 0 aliphatic heterocycles. The van der Waals surface area contributed by atoms with Crippen LogP contribution in [-0.4, -0.2) is 121 Å². The third kappa shape index (κ3) is 15.2. The number of nitrogen functional groups attached to an aromatic ring is 1. The van der Waals surface area contributed by atoms with Crippen LogP contribution < -0.4 is 22.8 Å². The number of aryl methyl sites for hydroxylation is 8. The number of non-ortho nitro benzene ring substituents is 2. The number of imidazole rings is 3. The topological polar surface area (TPSA) is 350 Å². The zero-order valence-corrected chi connectivity index (χ0v) is 56.5. The van der Waals surface area contributed by atoms with Crippen LogP contribution in [0.1, 0.15) is 52.4 Å². The molecule has 6 aromatic carbocycles. The van der Waals surface area contributed by atoms with Crippen LogP contribution in [0, 0.1) is 61.8 Å². The van der Waals surface area contributed by atoms with Gasteiger partial charge in [0.25, 0.3) is 11.4 Å². The van der Waals surface area contributed by atoms with Crippen LogP contribution in [0.15, 0.2) is 155 Å². The van der Waals surface area contributed by atoms with Crippen molar-refractivity contribution in [2.24, 2.45) is 14.1 Å². The Kier molecular flexibility index (Phi) is 22.8. The van der Waals surface area contributed by atoms with Crippen molar-refractivity contribution in [3.8, 4) is 33.4 Å².